The van der Waals surface area contributed by atoms with Crippen LogP contribution in [0.25, 0.3) is 0 Å². The average molecular weight is 347 g/mol. The van der Waals surface area contributed by atoms with Crippen molar-refractivity contribution in [1.82, 2.24) is 10.0 Å². The number of aryl methyl sites for hydroxylation is 1. The summed E-state index contributed by atoms with van der Waals surface area (Å²) in [5.74, 6) is -0.507. The maximum atomic E-state index is 13.3. The fourth-order valence-corrected chi connectivity index (χ4v) is 4.71. The SMILES string of the molecule is Cc1ccc(N2C(=O)[C@H]3[C@@H](C2=O)N2CCCN2[C@@H]3c2ccccc2)cc1. The molecule has 132 valence electrons. The molecule has 0 aliphatic carbocycles. The smallest absolute Gasteiger partial charge is 0.253 e. The molecule has 3 saturated heterocycles. The molecule has 5 nitrogen and oxygen atoms in total. The largest absolute Gasteiger partial charge is 0.274 e. The summed E-state index contributed by atoms with van der Waals surface area (Å²) in [6, 6.07) is 17.3. The van der Waals surface area contributed by atoms with Crippen LogP contribution in [0.1, 0.15) is 23.6 Å². The summed E-state index contributed by atoms with van der Waals surface area (Å²) in [5.41, 5.74) is 2.90. The molecule has 3 aliphatic rings. The molecule has 3 atom stereocenters. The van der Waals surface area contributed by atoms with Crippen LogP contribution in [0.4, 0.5) is 5.69 Å². The van der Waals surface area contributed by atoms with E-state index in [-0.39, 0.29) is 29.8 Å². The Morgan fingerprint density at radius 1 is 0.808 bits per heavy atom. The van der Waals surface area contributed by atoms with Gasteiger partial charge in [0.2, 0.25) is 5.91 Å². The molecule has 3 fully saturated rings. The van der Waals surface area contributed by atoms with Crippen molar-refractivity contribution >= 4 is 17.5 Å². The summed E-state index contributed by atoms with van der Waals surface area (Å²) in [6.45, 7) is 3.74. The van der Waals surface area contributed by atoms with Crippen LogP contribution in [0.3, 0.4) is 0 Å². The Hall–Kier alpha value is -2.50. The third-order valence-corrected chi connectivity index (χ3v) is 5.84. The molecule has 3 heterocycles. The van der Waals surface area contributed by atoms with E-state index in [9.17, 15) is 9.59 Å². The molecule has 0 unspecified atom stereocenters. The van der Waals surface area contributed by atoms with Crippen LogP contribution in [0.15, 0.2) is 54.6 Å². The van der Waals surface area contributed by atoms with E-state index in [2.05, 4.69) is 22.2 Å². The second kappa shape index (κ2) is 5.76. The molecule has 3 aliphatic heterocycles. The number of hydrogen-bond acceptors (Lipinski definition) is 4. The fourth-order valence-electron chi connectivity index (χ4n) is 4.71. The predicted octanol–water partition coefficient (Wildman–Crippen LogP) is 2.53. The van der Waals surface area contributed by atoms with Gasteiger partial charge in [0.15, 0.2) is 0 Å². The number of fused-ring (bicyclic) bond motifs is 3. The van der Waals surface area contributed by atoms with Gasteiger partial charge in [0, 0.05) is 13.1 Å². The molecular formula is C21H21N3O2. The van der Waals surface area contributed by atoms with Crippen molar-refractivity contribution in [2.75, 3.05) is 18.0 Å². The highest BCUT2D eigenvalue weighted by atomic mass is 16.2. The first-order valence-electron chi connectivity index (χ1n) is 9.19. The second-order valence-electron chi connectivity index (χ2n) is 7.35. The Bertz CT molecular complexity index is 865. The van der Waals surface area contributed by atoms with E-state index in [0.29, 0.717) is 5.69 Å². The van der Waals surface area contributed by atoms with Gasteiger partial charge in [-0.15, -0.1) is 0 Å². The fraction of sp³-hybridized carbons (Fsp3) is 0.333. The number of benzene rings is 2. The maximum absolute atomic E-state index is 13.3. The third-order valence-electron chi connectivity index (χ3n) is 5.84. The van der Waals surface area contributed by atoms with E-state index < -0.39 is 0 Å². The zero-order valence-electron chi connectivity index (χ0n) is 14.7. The van der Waals surface area contributed by atoms with Crippen molar-refractivity contribution in [2.45, 2.75) is 25.4 Å². The average Bonchev–Trinajstić information content (AvgIpc) is 3.29. The Labute approximate surface area is 152 Å². The number of rotatable bonds is 2. The molecule has 2 aromatic rings. The number of imide groups is 1. The minimum absolute atomic E-state index is 0.0596. The maximum Gasteiger partial charge on any atom is 0.253 e. The van der Waals surface area contributed by atoms with Crippen LogP contribution in [0, 0.1) is 12.8 Å². The lowest BCUT2D eigenvalue weighted by molar-refractivity contribution is -0.126. The summed E-state index contributed by atoms with van der Waals surface area (Å²) in [6.07, 6.45) is 1.03. The summed E-state index contributed by atoms with van der Waals surface area (Å²) in [5, 5.41) is 4.38. The number of carbonyl (C=O) groups excluding carboxylic acids is 2. The van der Waals surface area contributed by atoms with Gasteiger partial charge in [-0.1, -0.05) is 48.0 Å². The lowest BCUT2D eigenvalue weighted by atomic mass is 9.90. The Morgan fingerprint density at radius 3 is 2.15 bits per heavy atom. The highest BCUT2D eigenvalue weighted by Gasteiger charge is 2.62. The molecule has 0 radical (unpaired) electrons. The van der Waals surface area contributed by atoms with Crippen molar-refractivity contribution in [3.8, 4) is 0 Å². The van der Waals surface area contributed by atoms with Gasteiger partial charge in [0.05, 0.1) is 17.6 Å². The normalized spacial score (nSPS) is 28.7. The molecular weight excluding hydrogens is 326 g/mol. The Balaban J connectivity index is 1.58. The summed E-state index contributed by atoms with van der Waals surface area (Å²) in [7, 11) is 0. The first-order valence-corrected chi connectivity index (χ1v) is 9.19. The van der Waals surface area contributed by atoms with Crippen molar-refractivity contribution in [3.05, 3.63) is 65.7 Å². The van der Waals surface area contributed by atoms with Gasteiger partial charge in [-0.25, -0.2) is 14.9 Å². The molecule has 0 saturated carbocycles. The van der Waals surface area contributed by atoms with Crippen LogP contribution in [0.2, 0.25) is 0 Å². The summed E-state index contributed by atoms with van der Waals surface area (Å²) >= 11 is 0. The molecule has 0 bridgehead atoms. The molecule has 5 heteroatoms. The van der Waals surface area contributed by atoms with Gasteiger partial charge in [-0.2, -0.15) is 0 Å². The second-order valence-corrected chi connectivity index (χ2v) is 7.35. The first-order chi connectivity index (χ1) is 12.7. The lowest BCUT2D eigenvalue weighted by Crippen LogP contribution is -2.44. The van der Waals surface area contributed by atoms with E-state index in [0.717, 1.165) is 30.6 Å². The van der Waals surface area contributed by atoms with E-state index >= 15 is 0 Å². The highest BCUT2D eigenvalue weighted by Crippen LogP contribution is 2.48. The molecule has 0 spiro atoms. The van der Waals surface area contributed by atoms with E-state index in [1.807, 2.05) is 49.4 Å². The number of anilines is 1. The van der Waals surface area contributed by atoms with E-state index in [4.69, 9.17) is 0 Å². The minimum atomic E-state index is -0.378. The lowest BCUT2D eigenvalue weighted by Gasteiger charge is -2.29. The quantitative estimate of drug-likeness (QED) is 0.783. The van der Waals surface area contributed by atoms with Gasteiger partial charge in [0.25, 0.3) is 5.91 Å². The number of carbonyl (C=O) groups is 2. The number of hydrogen-bond donors (Lipinski definition) is 0. The van der Waals surface area contributed by atoms with Gasteiger partial charge >= 0.3 is 0 Å². The zero-order valence-corrected chi connectivity index (χ0v) is 14.7. The van der Waals surface area contributed by atoms with Crippen molar-refractivity contribution in [1.29, 1.82) is 0 Å². The van der Waals surface area contributed by atoms with Crippen molar-refractivity contribution < 1.29 is 9.59 Å². The molecule has 2 aromatic carbocycles. The predicted molar refractivity (Wildman–Crippen MR) is 98.2 cm³/mol. The van der Waals surface area contributed by atoms with Gasteiger partial charge in [0.1, 0.15) is 6.04 Å². The van der Waals surface area contributed by atoms with Gasteiger partial charge in [-0.05, 0) is 31.0 Å². The van der Waals surface area contributed by atoms with Gasteiger partial charge in [-0.3, -0.25) is 9.59 Å². The number of amides is 2. The molecule has 0 N–H and O–H groups in total. The van der Waals surface area contributed by atoms with Crippen LogP contribution in [0.5, 0.6) is 0 Å². The number of hydrazine groups is 1. The Kier molecular flexibility index (Phi) is 3.48. The minimum Gasteiger partial charge on any atom is -0.274 e. The number of nitrogens with zero attached hydrogens (tertiary/aromatic N) is 3. The zero-order chi connectivity index (χ0) is 17.8. The monoisotopic (exact) mass is 347 g/mol. The van der Waals surface area contributed by atoms with Crippen LogP contribution < -0.4 is 4.90 Å². The van der Waals surface area contributed by atoms with E-state index in [1.165, 1.54) is 4.90 Å². The molecule has 5 rings (SSSR count). The van der Waals surface area contributed by atoms with Crippen molar-refractivity contribution in [3.63, 3.8) is 0 Å². The van der Waals surface area contributed by atoms with Crippen LogP contribution in [-0.4, -0.2) is 41.0 Å². The van der Waals surface area contributed by atoms with Crippen LogP contribution in [-0.2, 0) is 9.59 Å². The Morgan fingerprint density at radius 2 is 1.46 bits per heavy atom. The topological polar surface area (TPSA) is 43.9 Å². The van der Waals surface area contributed by atoms with Gasteiger partial charge < -0.3 is 0 Å². The molecule has 0 aromatic heterocycles. The molecule has 26 heavy (non-hydrogen) atoms. The standard InChI is InChI=1S/C21H21N3O2/c1-14-8-10-16(11-9-14)24-20(25)17-18(15-6-3-2-4-7-15)22-12-5-13-23(22)19(17)21(24)26/h2-4,6-11,17-19H,5,12-13H2,1H3/t17-,18-,19+/m1/s1. The van der Waals surface area contributed by atoms with Crippen LogP contribution >= 0.6 is 0 Å². The highest BCUT2D eigenvalue weighted by molar-refractivity contribution is 6.24. The third kappa shape index (κ3) is 2.11. The van der Waals surface area contributed by atoms with E-state index in [1.54, 1.807) is 0 Å². The first kappa shape index (κ1) is 15.7. The summed E-state index contributed by atoms with van der Waals surface area (Å²) in [4.78, 5) is 28.0. The van der Waals surface area contributed by atoms with Crippen molar-refractivity contribution in [2.24, 2.45) is 5.92 Å². The summed E-state index contributed by atoms with van der Waals surface area (Å²) < 4.78 is 0. The molecule has 2 amide bonds.